The zero-order valence-corrected chi connectivity index (χ0v) is 23.3. The van der Waals surface area contributed by atoms with Gasteiger partial charge in [0.25, 0.3) is 0 Å². The summed E-state index contributed by atoms with van der Waals surface area (Å²) in [4.78, 5) is 47.9. The van der Waals surface area contributed by atoms with Gasteiger partial charge >= 0.3 is 23.9 Å². The fourth-order valence-corrected chi connectivity index (χ4v) is 4.01. The van der Waals surface area contributed by atoms with Gasteiger partial charge in [0.1, 0.15) is 11.5 Å². The number of nitrogen functional groups attached to an aromatic ring is 2. The first kappa shape index (κ1) is 31.4. The Morgan fingerprint density at radius 1 is 0.857 bits per heavy atom. The summed E-state index contributed by atoms with van der Waals surface area (Å²) in [5, 5.41) is 9.38. The molecule has 0 amide bonds. The minimum atomic E-state index is -1.13. The molecule has 10 heteroatoms. The third kappa shape index (κ3) is 9.81. The van der Waals surface area contributed by atoms with Crippen LogP contribution in [0, 0.1) is 0 Å². The number of carbonyl (C=O) groups is 4. The van der Waals surface area contributed by atoms with Crippen LogP contribution in [0.15, 0.2) is 66.7 Å². The lowest BCUT2D eigenvalue weighted by Gasteiger charge is -2.11. The topological polar surface area (TPSA) is 168 Å². The Balaban J connectivity index is 1.44. The Bertz CT molecular complexity index is 1430. The van der Waals surface area contributed by atoms with E-state index < -0.39 is 17.9 Å². The molecule has 0 spiro atoms. The highest BCUT2D eigenvalue weighted by molar-refractivity contribution is 5.93. The third-order valence-corrected chi connectivity index (χ3v) is 6.16. The molecule has 220 valence electrons. The van der Waals surface area contributed by atoms with Crippen LogP contribution in [0.3, 0.4) is 0 Å². The molecular weight excluding hydrogens is 540 g/mol. The molecule has 0 unspecified atom stereocenters. The second-order valence-electron chi connectivity index (χ2n) is 9.46. The van der Waals surface area contributed by atoms with Gasteiger partial charge < -0.3 is 30.8 Å². The van der Waals surface area contributed by atoms with Gasteiger partial charge in [0.05, 0.1) is 17.7 Å². The normalized spacial score (nSPS) is 10.8. The summed E-state index contributed by atoms with van der Waals surface area (Å²) in [6.45, 7) is 2.13. The predicted octanol–water partition coefficient (Wildman–Crippen LogP) is 5.44. The van der Waals surface area contributed by atoms with Crippen LogP contribution in [-0.4, -0.2) is 35.6 Å². The van der Waals surface area contributed by atoms with Crippen molar-refractivity contribution in [2.45, 2.75) is 45.4 Å². The molecule has 0 heterocycles. The number of anilines is 2. The van der Waals surface area contributed by atoms with Crippen molar-refractivity contribution >= 4 is 41.3 Å². The maximum absolute atomic E-state index is 12.4. The molecular formula is C32H34N2O8. The minimum absolute atomic E-state index is 0.0278. The van der Waals surface area contributed by atoms with Gasteiger partial charge in [-0.2, -0.15) is 0 Å². The van der Waals surface area contributed by atoms with E-state index in [9.17, 15) is 24.3 Å². The number of esters is 3. The largest absolute Gasteiger partial charge is 0.478 e. The number of carboxylic acid groups (broad SMARTS) is 1. The number of carbonyl (C=O) groups excluding carboxylic acids is 3. The van der Waals surface area contributed by atoms with Crippen molar-refractivity contribution in [3.8, 4) is 11.5 Å². The molecule has 0 fully saturated rings. The lowest BCUT2D eigenvalue weighted by molar-refractivity contribution is -0.134. The summed E-state index contributed by atoms with van der Waals surface area (Å²) >= 11 is 0. The van der Waals surface area contributed by atoms with Gasteiger partial charge in [-0.3, -0.25) is 4.79 Å². The van der Waals surface area contributed by atoms with Gasteiger partial charge in [-0.1, -0.05) is 31.9 Å². The molecule has 0 saturated carbocycles. The van der Waals surface area contributed by atoms with E-state index in [0.29, 0.717) is 47.5 Å². The smallest absolute Gasteiger partial charge is 0.338 e. The lowest BCUT2D eigenvalue weighted by Crippen LogP contribution is -2.10. The summed E-state index contributed by atoms with van der Waals surface area (Å²) in [7, 11) is 0. The van der Waals surface area contributed by atoms with Gasteiger partial charge in [-0.05, 0) is 85.0 Å². The van der Waals surface area contributed by atoms with Crippen LogP contribution in [-0.2, 0) is 20.7 Å². The number of nitrogens with two attached hydrogens (primary N) is 2. The van der Waals surface area contributed by atoms with Crippen LogP contribution < -0.4 is 20.9 Å². The van der Waals surface area contributed by atoms with Gasteiger partial charge in [0, 0.05) is 23.9 Å². The molecule has 5 N–H and O–H groups in total. The van der Waals surface area contributed by atoms with E-state index in [2.05, 4.69) is 6.92 Å². The summed E-state index contributed by atoms with van der Waals surface area (Å²) in [5.74, 6) is -1.89. The summed E-state index contributed by atoms with van der Waals surface area (Å²) < 4.78 is 15.8. The molecule has 0 aliphatic rings. The quantitative estimate of drug-likeness (QED) is 0.0741. The number of hydrogen-bond acceptors (Lipinski definition) is 9. The SMILES string of the molecule is CCCCCC(=O)Oc1ccc(OC(=O)/C=C/c2ccc(C(=O)OCCCc3c(N)cc(N)cc3C(=O)O)cc2)cc1. The van der Waals surface area contributed by atoms with Gasteiger partial charge in [-0.25, -0.2) is 14.4 Å². The van der Waals surface area contributed by atoms with E-state index in [4.69, 9.17) is 25.7 Å². The van der Waals surface area contributed by atoms with Crippen LogP contribution in [0.5, 0.6) is 11.5 Å². The first-order valence-corrected chi connectivity index (χ1v) is 13.5. The lowest BCUT2D eigenvalue weighted by atomic mass is 10.00. The first-order chi connectivity index (χ1) is 20.2. The van der Waals surface area contributed by atoms with E-state index in [-0.39, 0.29) is 29.5 Å². The monoisotopic (exact) mass is 574 g/mol. The Morgan fingerprint density at radius 3 is 2.17 bits per heavy atom. The van der Waals surface area contributed by atoms with Gasteiger partial charge in [0.2, 0.25) is 0 Å². The number of unbranched alkanes of at least 4 members (excludes halogenated alkanes) is 2. The summed E-state index contributed by atoms with van der Waals surface area (Å²) in [5.41, 5.74) is 13.6. The maximum Gasteiger partial charge on any atom is 0.338 e. The van der Waals surface area contributed by atoms with Crippen molar-refractivity contribution in [1.29, 1.82) is 0 Å². The Morgan fingerprint density at radius 2 is 1.52 bits per heavy atom. The van der Waals surface area contributed by atoms with Crippen molar-refractivity contribution < 1.29 is 38.5 Å². The third-order valence-electron chi connectivity index (χ3n) is 6.16. The van der Waals surface area contributed by atoms with Crippen molar-refractivity contribution in [1.82, 2.24) is 0 Å². The van der Waals surface area contributed by atoms with Crippen molar-refractivity contribution in [2.24, 2.45) is 0 Å². The first-order valence-electron chi connectivity index (χ1n) is 13.5. The minimum Gasteiger partial charge on any atom is -0.478 e. The van der Waals surface area contributed by atoms with E-state index >= 15 is 0 Å². The number of rotatable bonds is 14. The summed E-state index contributed by atoms with van der Waals surface area (Å²) in [6.07, 6.45) is 6.60. The molecule has 42 heavy (non-hydrogen) atoms. The molecule has 0 aliphatic heterocycles. The summed E-state index contributed by atoms with van der Waals surface area (Å²) in [6, 6.07) is 15.5. The Labute approximate surface area is 243 Å². The van der Waals surface area contributed by atoms with Crippen LogP contribution in [0.1, 0.15) is 70.9 Å². The highest BCUT2D eigenvalue weighted by atomic mass is 16.5. The predicted molar refractivity (Wildman–Crippen MR) is 158 cm³/mol. The molecule has 0 aliphatic carbocycles. The Hall–Kier alpha value is -5.12. The van der Waals surface area contributed by atoms with Crippen molar-refractivity contribution in [3.05, 3.63) is 89.0 Å². The molecule has 3 aromatic rings. The van der Waals surface area contributed by atoms with Gasteiger partial charge in [-0.15, -0.1) is 0 Å². The van der Waals surface area contributed by atoms with Crippen molar-refractivity contribution in [2.75, 3.05) is 18.1 Å². The van der Waals surface area contributed by atoms with Crippen LogP contribution >= 0.6 is 0 Å². The van der Waals surface area contributed by atoms with Crippen molar-refractivity contribution in [3.63, 3.8) is 0 Å². The molecule has 0 saturated heterocycles. The van der Waals surface area contributed by atoms with Crippen LogP contribution in [0.25, 0.3) is 6.08 Å². The van der Waals surface area contributed by atoms with Gasteiger partial charge in [0.15, 0.2) is 0 Å². The van der Waals surface area contributed by atoms with Crippen LogP contribution in [0.2, 0.25) is 0 Å². The van der Waals surface area contributed by atoms with E-state index in [1.54, 1.807) is 42.5 Å². The molecule has 0 radical (unpaired) electrons. The fraction of sp³-hybridized carbons (Fsp3) is 0.250. The van der Waals surface area contributed by atoms with E-state index in [0.717, 1.165) is 19.3 Å². The number of ether oxygens (including phenoxy) is 3. The highest BCUT2D eigenvalue weighted by Gasteiger charge is 2.15. The van der Waals surface area contributed by atoms with E-state index in [1.807, 2.05) is 0 Å². The zero-order valence-electron chi connectivity index (χ0n) is 23.3. The fourth-order valence-electron chi connectivity index (χ4n) is 4.01. The molecule has 0 aromatic heterocycles. The number of hydrogen-bond donors (Lipinski definition) is 3. The highest BCUT2D eigenvalue weighted by Crippen LogP contribution is 2.23. The standard InChI is InChI=1S/C32H34N2O8/c1-2-3-4-7-29(35)41-24-13-15-25(16-14-24)42-30(36)17-10-21-8-11-22(12-9-21)32(39)40-18-5-6-26-27(31(37)38)19-23(33)20-28(26)34/h8-17,19-20H,2-7,18,33-34H2,1H3,(H,37,38)/b17-10+. The maximum atomic E-state index is 12.4. The molecule has 3 rings (SSSR count). The second-order valence-corrected chi connectivity index (χ2v) is 9.46. The average molecular weight is 575 g/mol. The number of aromatic carboxylic acids is 1. The zero-order chi connectivity index (χ0) is 30.5. The number of carboxylic acids is 1. The number of benzene rings is 3. The molecule has 3 aromatic carbocycles. The molecule has 10 nitrogen and oxygen atoms in total. The average Bonchev–Trinajstić information content (AvgIpc) is 2.96. The van der Waals surface area contributed by atoms with Crippen LogP contribution in [0.4, 0.5) is 11.4 Å². The second kappa shape index (κ2) is 15.6. The Kier molecular flexibility index (Phi) is 11.7. The molecule has 0 bridgehead atoms. The van der Waals surface area contributed by atoms with E-state index in [1.165, 1.54) is 30.3 Å². The molecule has 0 atom stereocenters.